The second-order valence-corrected chi connectivity index (χ2v) is 7.34. The van der Waals surface area contributed by atoms with Crippen molar-refractivity contribution in [3.05, 3.63) is 24.3 Å². The number of nitrogens with zero attached hydrogens (tertiary/aromatic N) is 1. The van der Waals surface area contributed by atoms with E-state index in [4.69, 9.17) is 9.84 Å². The van der Waals surface area contributed by atoms with Crippen LogP contribution in [0, 0.1) is 0 Å². The molecule has 1 aromatic carbocycles. The minimum Gasteiger partial charge on any atom is -0.491 e. The molecule has 0 atom stereocenters. The van der Waals surface area contributed by atoms with E-state index >= 15 is 0 Å². The number of aliphatic hydroxyl groups excluding tert-OH is 1. The Labute approximate surface area is 126 Å². The van der Waals surface area contributed by atoms with Gasteiger partial charge in [0, 0.05) is 12.1 Å². The fourth-order valence-electron chi connectivity index (χ4n) is 1.39. The monoisotopic (exact) mass is 316 g/mol. The first-order chi connectivity index (χ1) is 9.69. The van der Waals surface area contributed by atoms with Gasteiger partial charge in [-0.2, -0.15) is 0 Å². The average molecular weight is 316 g/mol. The van der Waals surface area contributed by atoms with E-state index in [1.165, 1.54) is 12.1 Å². The highest BCUT2D eigenvalue weighted by Crippen LogP contribution is 2.17. The van der Waals surface area contributed by atoms with Gasteiger partial charge >= 0.3 is 0 Å². The van der Waals surface area contributed by atoms with Crippen LogP contribution in [-0.4, -0.2) is 57.8 Å². The van der Waals surface area contributed by atoms with E-state index in [0.29, 0.717) is 12.3 Å². The van der Waals surface area contributed by atoms with Gasteiger partial charge < -0.3 is 14.7 Å². The maximum absolute atomic E-state index is 12.2. The Balaban J connectivity index is 2.74. The van der Waals surface area contributed by atoms with Crippen LogP contribution in [0.15, 0.2) is 29.2 Å². The molecule has 6 nitrogen and oxygen atoms in total. The zero-order valence-electron chi connectivity index (χ0n) is 13.0. The van der Waals surface area contributed by atoms with Crippen LogP contribution in [0.25, 0.3) is 0 Å². The Morgan fingerprint density at radius 1 is 1.24 bits per heavy atom. The topological polar surface area (TPSA) is 78.9 Å². The Bertz CT molecular complexity index is 539. The molecule has 21 heavy (non-hydrogen) atoms. The lowest BCUT2D eigenvalue weighted by atomic mass is 10.1. The first kappa shape index (κ1) is 17.9. The van der Waals surface area contributed by atoms with Crippen LogP contribution in [0.5, 0.6) is 5.75 Å². The molecule has 0 amide bonds. The number of aliphatic hydroxyl groups is 1. The largest absolute Gasteiger partial charge is 0.491 e. The number of likely N-dealkylation sites (N-methyl/N-ethyl adjacent to an activating group) is 1. The molecular weight excluding hydrogens is 292 g/mol. The molecule has 0 saturated heterocycles. The second kappa shape index (κ2) is 7.22. The number of hydrogen-bond acceptors (Lipinski definition) is 5. The maximum Gasteiger partial charge on any atom is 0.240 e. The lowest BCUT2D eigenvalue weighted by molar-refractivity contribution is 0.199. The lowest BCUT2D eigenvalue weighted by Gasteiger charge is -2.32. The molecule has 120 valence electrons. The van der Waals surface area contributed by atoms with Crippen LogP contribution < -0.4 is 9.46 Å². The summed E-state index contributed by atoms with van der Waals surface area (Å²) >= 11 is 0. The summed E-state index contributed by atoms with van der Waals surface area (Å²) in [5.41, 5.74) is -0.281. The molecule has 1 aromatic rings. The Kier molecular flexibility index (Phi) is 6.15. The van der Waals surface area contributed by atoms with Gasteiger partial charge in [0.2, 0.25) is 10.0 Å². The average Bonchev–Trinajstić information content (AvgIpc) is 2.43. The van der Waals surface area contributed by atoms with Crippen molar-refractivity contribution in [2.45, 2.75) is 24.3 Å². The van der Waals surface area contributed by atoms with Crippen LogP contribution in [0.4, 0.5) is 0 Å². The van der Waals surface area contributed by atoms with Crippen molar-refractivity contribution in [3.63, 3.8) is 0 Å². The van der Waals surface area contributed by atoms with Gasteiger partial charge in [0.1, 0.15) is 12.4 Å². The van der Waals surface area contributed by atoms with E-state index in [1.807, 2.05) is 32.8 Å². The third kappa shape index (κ3) is 5.28. The van der Waals surface area contributed by atoms with Gasteiger partial charge in [0.05, 0.1) is 11.5 Å². The van der Waals surface area contributed by atoms with Crippen molar-refractivity contribution in [1.29, 1.82) is 0 Å². The molecule has 0 spiro atoms. The first-order valence-electron chi connectivity index (χ1n) is 6.70. The van der Waals surface area contributed by atoms with Gasteiger partial charge in [0.25, 0.3) is 0 Å². The molecular formula is C14H24N2O4S. The third-order valence-corrected chi connectivity index (χ3v) is 4.82. The lowest BCUT2D eigenvalue weighted by Crippen LogP contribution is -2.48. The predicted molar refractivity (Wildman–Crippen MR) is 82.0 cm³/mol. The molecule has 0 heterocycles. The molecule has 0 radical (unpaired) electrons. The van der Waals surface area contributed by atoms with Crippen LogP contribution in [-0.2, 0) is 10.0 Å². The van der Waals surface area contributed by atoms with E-state index in [9.17, 15) is 8.42 Å². The smallest absolute Gasteiger partial charge is 0.240 e. The van der Waals surface area contributed by atoms with E-state index in [-0.39, 0.29) is 23.6 Å². The highest BCUT2D eigenvalue weighted by atomic mass is 32.2. The number of ether oxygens (including phenoxy) is 1. The van der Waals surface area contributed by atoms with Crippen LogP contribution in [0.3, 0.4) is 0 Å². The molecule has 0 aliphatic carbocycles. The van der Waals surface area contributed by atoms with Gasteiger partial charge in [-0.3, -0.25) is 0 Å². The summed E-state index contributed by atoms with van der Waals surface area (Å²) in [5, 5.41) is 8.67. The first-order valence-corrected chi connectivity index (χ1v) is 8.18. The molecule has 0 aliphatic rings. The normalized spacial score (nSPS) is 12.7. The Morgan fingerprint density at radius 3 is 2.29 bits per heavy atom. The summed E-state index contributed by atoms with van der Waals surface area (Å²) in [6.07, 6.45) is 0. The number of rotatable bonds is 8. The van der Waals surface area contributed by atoms with Crippen molar-refractivity contribution in [2.75, 3.05) is 33.9 Å². The quantitative estimate of drug-likeness (QED) is 0.737. The molecule has 0 bridgehead atoms. The number of hydrogen-bond donors (Lipinski definition) is 2. The second-order valence-electron chi connectivity index (χ2n) is 5.57. The van der Waals surface area contributed by atoms with Crippen molar-refractivity contribution >= 4 is 10.0 Å². The summed E-state index contributed by atoms with van der Waals surface area (Å²) in [6, 6.07) is 6.11. The van der Waals surface area contributed by atoms with Gasteiger partial charge in [-0.05, 0) is 52.2 Å². The Hall–Kier alpha value is -1.15. The van der Waals surface area contributed by atoms with Crippen molar-refractivity contribution in [2.24, 2.45) is 0 Å². The summed E-state index contributed by atoms with van der Waals surface area (Å²) in [6.45, 7) is 4.33. The van der Waals surface area contributed by atoms with Crippen molar-refractivity contribution in [1.82, 2.24) is 9.62 Å². The standard InChI is InChI=1S/C14H24N2O4S/c1-14(2,16(3)4)11-15-21(18,19)13-7-5-12(6-8-13)20-10-9-17/h5-8,15,17H,9-11H2,1-4H3. The van der Waals surface area contributed by atoms with E-state index in [0.717, 1.165) is 0 Å². The SMILES string of the molecule is CN(C)C(C)(C)CNS(=O)(=O)c1ccc(OCCO)cc1. The third-order valence-electron chi connectivity index (χ3n) is 3.40. The van der Waals surface area contributed by atoms with Gasteiger partial charge in [-0.25, -0.2) is 13.1 Å². The van der Waals surface area contributed by atoms with Crippen molar-refractivity contribution in [3.8, 4) is 5.75 Å². The molecule has 0 aliphatic heterocycles. The van der Waals surface area contributed by atoms with Crippen LogP contribution in [0.2, 0.25) is 0 Å². The number of nitrogens with one attached hydrogen (secondary N) is 1. The molecule has 0 aromatic heterocycles. The number of benzene rings is 1. The highest BCUT2D eigenvalue weighted by Gasteiger charge is 2.24. The van der Waals surface area contributed by atoms with Crippen LogP contribution in [0.1, 0.15) is 13.8 Å². The fourth-order valence-corrected chi connectivity index (χ4v) is 2.60. The van der Waals surface area contributed by atoms with Crippen LogP contribution >= 0.6 is 0 Å². The molecule has 2 N–H and O–H groups in total. The summed E-state index contributed by atoms with van der Waals surface area (Å²) in [7, 11) is 0.263. The Morgan fingerprint density at radius 2 is 1.81 bits per heavy atom. The maximum atomic E-state index is 12.2. The minimum atomic E-state index is -3.55. The number of sulfonamides is 1. The van der Waals surface area contributed by atoms with Gasteiger partial charge in [-0.1, -0.05) is 0 Å². The molecule has 7 heteroatoms. The summed E-state index contributed by atoms with van der Waals surface area (Å²) in [4.78, 5) is 2.15. The molecule has 0 fully saturated rings. The van der Waals surface area contributed by atoms with E-state index in [2.05, 4.69) is 4.72 Å². The van der Waals surface area contributed by atoms with E-state index in [1.54, 1.807) is 12.1 Å². The van der Waals surface area contributed by atoms with Gasteiger partial charge in [-0.15, -0.1) is 0 Å². The zero-order valence-corrected chi connectivity index (χ0v) is 13.8. The van der Waals surface area contributed by atoms with Crippen molar-refractivity contribution < 1.29 is 18.3 Å². The minimum absolute atomic E-state index is 0.0821. The molecule has 1 rings (SSSR count). The summed E-state index contributed by atoms with van der Waals surface area (Å²) < 4.78 is 32.2. The predicted octanol–water partition coefficient (Wildman–Crippen LogP) is 0.676. The fraction of sp³-hybridized carbons (Fsp3) is 0.571. The zero-order chi connectivity index (χ0) is 16.1. The highest BCUT2D eigenvalue weighted by molar-refractivity contribution is 7.89. The molecule has 0 saturated carbocycles. The van der Waals surface area contributed by atoms with E-state index < -0.39 is 10.0 Å². The van der Waals surface area contributed by atoms with Gasteiger partial charge in [0.15, 0.2) is 0 Å². The summed E-state index contributed by atoms with van der Waals surface area (Å²) in [5.74, 6) is 0.525. The molecule has 0 unspecified atom stereocenters.